The molecule has 1 saturated heterocycles. The zero-order valence-corrected chi connectivity index (χ0v) is 32.8. The number of carbonyl (C=O) groups excluding carboxylic acids is 5. The van der Waals surface area contributed by atoms with Gasteiger partial charge in [-0.3, -0.25) is 28.9 Å². The van der Waals surface area contributed by atoms with E-state index in [1.165, 1.54) is 0 Å². The highest BCUT2D eigenvalue weighted by Crippen LogP contribution is 2.24. The molecule has 3 rings (SSSR count). The molecule has 292 valence electrons. The van der Waals surface area contributed by atoms with Gasteiger partial charge in [-0.1, -0.05) is 102 Å². The Labute approximate surface area is 316 Å². The molecule has 0 radical (unpaired) electrons. The molecule has 1 heterocycles. The second kappa shape index (κ2) is 21.8. The average Bonchev–Trinajstić information content (AvgIpc) is 3.12. The van der Waals surface area contributed by atoms with Gasteiger partial charge in [-0.15, -0.1) is 0 Å². The fourth-order valence-corrected chi connectivity index (χ4v) is 6.77. The number of aliphatic hydroxyl groups excluding tert-OH is 1. The number of Topliss-reactive ketones (excluding diaryl/α,β-unsaturated/α-hetero) is 3. The summed E-state index contributed by atoms with van der Waals surface area (Å²) in [5.41, 5.74) is 0.879. The summed E-state index contributed by atoms with van der Waals surface area (Å²) < 4.78 is 5.43. The number of amides is 2. The molecule has 2 aromatic rings. The number of morpholine rings is 1. The summed E-state index contributed by atoms with van der Waals surface area (Å²) in [7, 11) is 0. The number of aliphatic hydroxyl groups is 1. The lowest BCUT2D eigenvalue weighted by molar-refractivity contribution is -0.137. The van der Waals surface area contributed by atoms with Gasteiger partial charge < -0.3 is 20.5 Å². The monoisotopic (exact) mass is 733 g/mol. The van der Waals surface area contributed by atoms with Crippen molar-refractivity contribution >= 4 is 29.2 Å². The van der Waals surface area contributed by atoms with Crippen LogP contribution in [0.4, 0.5) is 0 Å². The first kappa shape index (κ1) is 43.7. The zero-order chi connectivity index (χ0) is 39.0. The lowest BCUT2D eigenvalue weighted by Crippen LogP contribution is -2.51. The van der Waals surface area contributed by atoms with Crippen molar-refractivity contribution in [2.24, 2.45) is 29.1 Å². The van der Waals surface area contributed by atoms with E-state index in [-0.39, 0.29) is 67.5 Å². The smallest absolute Gasteiger partial charge is 0.224 e. The van der Waals surface area contributed by atoms with Crippen molar-refractivity contribution in [1.29, 1.82) is 0 Å². The van der Waals surface area contributed by atoms with E-state index in [1.807, 2.05) is 93.3 Å². The fraction of sp³-hybridized carbons (Fsp3) is 0.605. The van der Waals surface area contributed by atoms with E-state index < -0.39 is 35.2 Å². The molecule has 3 N–H and O–H groups in total. The number of hydrogen-bond donors (Lipinski definition) is 3. The van der Waals surface area contributed by atoms with Gasteiger partial charge in [0.25, 0.3) is 0 Å². The summed E-state index contributed by atoms with van der Waals surface area (Å²) in [6.45, 7) is 13.6. The Bertz CT molecular complexity index is 1450. The van der Waals surface area contributed by atoms with Crippen LogP contribution >= 0.6 is 0 Å². The second-order valence-electron chi connectivity index (χ2n) is 16.2. The summed E-state index contributed by atoms with van der Waals surface area (Å²) in [6.07, 6.45) is 2.00. The largest absolute Gasteiger partial charge is 0.395 e. The third-order valence-corrected chi connectivity index (χ3v) is 9.93. The Morgan fingerprint density at radius 3 is 1.85 bits per heavy atom. The standard InChI is InChI=1S/C43H63N3O7/c1-30(2)23-37(44-41(51)34(18-17-32-13-9-7-10-14-32)26-36(48)28-46-19-21-53-22-20-46)39(49)27-35(25-33-15-11-8-12-16-33)42(52)45-38(24-31(3)4)40(50)43(5,6)29-47/h7-16,30-31,34-35,37-38,47H,17-29H2,1-6H3,(H,44,51)(H,45,52)/t34-,35-,37+,38+/m1/s1. The highest BCUT2D eigenvalue weighted by Gasteiger charge is 2.37. The Balaban J connectivity index is 1.84. The molecular weight excluding hydrogens is 670 g/mol. The van der Waals surface area contributed by atoms with Crippen molar-refractivity contribution in [2.75, 3.05) is 39.5 Å². The Morgan fingerprint density at radius 1 is 0.755 bits per heavy atom. The highest BCUT2D eigenvalue weighted by atomic mass is 16.5. The zero-order valence-electron chi connectivity index (χ0n) is 32.8. The summed E-state index contributed by atoms with van der Waals surface area (Å²) in [6, 6.07) is 17.6. The van der Waals surface area contributed by atoms with Crippen LogP contribution in [-0.2, 0) is 41.6 Å². The van der Waals surface area contributed by atoms with Crippen molar-refractivity contribution in [3.8, 4) is 0 Å². The van der Waals surface area contributed by atoms with Crippen LogP contribution < -0.4 is 10.6 Å². The Hall–Kier alpha value is -3.73. The Morgan fingerprint density at radius 2 is 1.28 bits per heavy atom. The van der Waals surface area contributed by atoms with Crippen molar-refractivity contribution in [3.05, 3.63) is 71.8 Å². The average molecular weight is 734 g/mol. The SMILES string of the molecule is CC(C)C[C@H](NC(=O)[C@H](CCc1ccccc1)CC(=O)CN1CCOCC1)C(=O)C[C@@H](Cc1ccccc1)C(=O)N[C@@H](CC(C)C)C(=O)C(C)(C)CO. The number of hydrogen-bond acceptors (Lipinski definition) is 8. The third kappa shape index (κ3) is 15.3. The van der Waals surface area contributed by atoms with Crippen molar-refractivity contribution in [2.45, 2.75) is 98.6 Å². The molecular formula is C43H63N3O7. The minimum Gasteiger partial charge on any atom is -0.395 e. The first-order valence-corrected chi connectivity index (χ1v) is 19.4. The number of aryl methyl sites for hydroxylation is 1. The molecule has 10 heteroatoms. The van der Waals surface area contributed by atoms with Crippen LogP contribution in [0.25, 0.3) is 0 Å². The van der Waals surface area contributed by atoms with Crippen LogP contribution in [0.3, 0.4) is 0 Å². The van der Waals surface area contributed by atoms with Crippen molar-refractivity contribution < 1.29 is 33.8 Å². The predicted molar refractivity (Wildman–Crippen MR) is 207 cm³/mol. The van der Waals surface area contributed by atoms with E-state index in [2.05, 4.69) is 10.6 Å². The molecule has 1 aliphatic rings. The maximum Gasteiger partial charge on any atom is 0.224 e. The molecule has 1 fully saturated rings. The van der Waals surface area contributed by atoms with Crippen LogP contribution in [-0.4, -0.2) is 90.7 Å². The second-order valence-corrected chi connectivity index (χ2v) is 16.2. The van der Waals surface area contributed by atoms with Gasteiger partial charge in [0.2, 0.25) is 11.8 Å². The lowest BCUT2D eigenvalue weighted by Gasteiger charge is -2.30. The molecule has 0 bridgehead atoms. The first-order valence-electron chi connectivity index (χ1n) is 19.4. The number of carbonyl (C=O) groups is 5. The summed E-state index contributed by atoms with van der Waals surface area (Å²) in [5, 5.41) is 15.9. The molecule has 0 aliphatic carbocycles. The maximum absolute atomic E-state index is 14.2. The van der Waals surface area contributed by atoms with E-state index in [1.54, 1.807) is 13.8 Å². The molecule has 0 saturated carbocycles. The van der Waals surface area contributed by atoms with Crippen LogP contribution in [0, 0.1) is 29.1 Å². The van der Waals surface area contributed by atoms with Crippen LogP contribution in [0.5, 0.6) is 0 Å². The molecule has 2 amide bonds. The van der Waals surface area contributed by atoms with Gasteiger partial charge in [0, 0.05) is 43.2 Å². The summed E-state index contributed by atoms with van der Waals surface area (Å²) in [4.78, 5) is 71.2. The van der Waals surface area contributed by atoms with Gasteiger partial charge in [0.05, 0.1) is 38.4 Å². The number of rotatable bonds is 23. The predicted octanol–water partition coefficient (Wildman–Crippen LogP) is 4.99. The van der Waals surface area contributed by atoms with Gasteiger partial charge in [0.1, 0.15) is 5.78 Å². The molecule has 2 aromatic carbocycles. The summed E-state index contributed by atoms with van der Waals surface area (Å²) >= 11 is 0. The number of benzene rings is 2. The highest BCUT2D eigenvalue weighted by molar-refractivity contribution is 5.96. The Kier molecular flexibility index (Phi) is 18.0. The fourth-order valence-electron chi connectivity index (χ4n) is 6.77. The number of nitrogens with one attached hydrogen (secondary N) is 2. The van der Waals surface area contributed by atoms with Crippen LogP contribution in [0.2, 0.25) is 0 Å². The molecule has 4 atom stereocenters. The summed E-state index contributed by atoms with van der Waals surface area (Å²) in [5.74, 6) is -2.60. The number of ether oxygens (including phenoxy) is 1. The lowest BCUT2D eigenvalue weighted by atomic mass is 9.82. The van der Waals surface area contributed by atoms with E-state index in [9.17, 15) is 29.1 Å². The maximum atomic E-state index is 14.2. The quantitative estimate of drug-likeness (QED) is 0.145. The third-order valence-electron chi connectivity index (χ3n) is 9.93. The normalized spacial score (nSPS) is 16.1. The molecule has 0 spiro atoms. The molecule has 0 unspecified atom stereocenters. The van der Waals surface area contributed by atoms with E-state index >= 15 is 0 Å². The van der Waals surface area contributed by atoms with Crippen molar-refractivity contribution in [3.63, 3.8) is 0 Å². The number of ketones is 3. The van der Waals surface area contributed by atoms with Gasteiger partial charge in [0.15, 0.2) is 11.6 Å². The van der Waals surface area contributed by atoms with Crippen LogP contribution in [0.15, 0.2) is 60.7 Å². The molecule has 1 aliphatic heterocycles. The van der Waals surface area contributed by atoms with Crippen molar-refractivity contribution in [1.82, 2.24) is 15.5 Å². The topological polar surface area (TPSA) is 142 Å². The van der Waals surface area contributed by atoms with Gasteiger partial charge in [-0.25, -0.2) is 0 Å². The van der Waals surface area contributed by atoms with Crippen LogP contribution in [0.1, 0.15) is 84.8 Å². The molecule has 10 nitrogen and oxygen atoms in total. The van der Waals surface area contributed by atoms with Gasteiger partial charge in [-0.2, -0.15) is 0 Å². The van der Waals surface area contributed by atoms with E-state index in [4.69, 9.17) is 4.74 Å². The van der Waals surface area contributed by atoms with Gasteiger partial charge in [-0.05, 0) is 55.1 Å². The van der Waals surface area contributed by atoms with Gasteiger partial charge >= 0.3 is 0 Å². The minimum atomic E-state index is -1.05. The number of nitrogens with zero attached hydrogens (tertiary/aromatic N) is 1. The molecule has 0 aromatic heterocycles. The molecule has 53 heavy (non-hydrogen) atoms. The first-order chi connectivity index (χ1) is 25.2. The van der Waals surface area contributed by atoms with E-state index in [0.29, 0.717) is 52.0 Å². The minimum absolute atomic E-state index is 0.0266. The van der Waals surface area contributed by atoms with E-state index in [0.717, 1.165) is 11.1 Å².